The lowest BCUT2D eigenvalue weighted by Crippen LogP contribution is -2.46. The lowest BCUT2D eigenvalue weighted by Gasteiger charge is -2.28. The first-order valence-corrected chi connectivity index (χ1v) is 8.57. The normalized spacial score (nSPS) is 20.6. The minimum atomic E-state index is -0.303. The van der Waals surface area contributed by atoms with Crippen LogP contribution in [0.3, 0.4) is 0 Å². The number of carbonyl (C=O) groups is 1. The van der Waals surface area contributed by atoms with Crippen LogP contribution in [0.2, 0.25) is 0 Å². The molecule has 0 spiro atoms. The van der Waals surface area contributed by atoms with Gasteiger partial charge in [0.1, 0.15) is 0 Å². The van der Waals surface area contributed by atoms with Crippen molar-refractivity contribution < 1.29 is 9.90 Å². The van der Waals surface area contributed by atoms with Crippen molar-refractivity contribution in [3.05, 3.63) is 71.8 Å². The zero-order chi connectivity index (χ0) is 16.8. The molecule has 2 atom stereocenters. The summed E-state index contributed by atoms with van der Waals surface area (Å²) in [5.41, 5.74) is 2.09. The lowest BCUT2D eigenvalue weighted by molar-refractivity contribution is 0.113. The first-order valence-electron chi connectivity index (χ1n) is 8.57. The fourth-order valence-electron chi connectivity index (χ4n) is 3.30. The molecule has 0 saturated heterocycles. The first kappa shape index (κ1) is 16.5. The molecule has 2 aromatic carbocycles. The van der Waals surface area contributed by atoms with Crippen molar-refractivity contribution in [1.29, 1.82) is 0 Å². The van der Waals surface area contributed by atoms with Crippen molar-refractivity contribution in [3.63, 3.8) is 0 Å². The van der Waals surface area contributed by atoms with E-state index in [1.165, 1.54) is 0 Å². The Labute approximate surface area is 142 Å². The van der Waals surface area contributed by atoms with E-state index in [2.05, 4.69) is 10.6 Å². The Morgan fingerprint density at radius 2 is 1.54 bits per heavy atom. The van der Waals surface area contributed by atoms with Crippen LogP contribution >= 0.6 is 0 Å². The number of rotatable bonds is 4. The summed E-state index contributed by atoms with van der Waals surface area (Å²) < 4.78 is 0. The molecule has 4 nitrogen and oxygen atoms in total. The standard InChI is InChI=1S/C20H24N2O2/c23-18-13-7-12-17(14-18)21-20(24)22-19(15-8-3-1-4-9-15)16-10-5-2-6-11-16/h1-6,8-11,17-19,23H,7,12-14H2,(H2,21,22,24)/t17-,18-/m0/s1. The molecule has 1 aliphatic rings. The van der Waals surface area contributed by atoms with Crippen LogP contribution in [-0.4, -0.2) is 23.3 Å². The van der Waals surface area contributed by atoms with E-state index in [0.717, 1.165) is 30.4 Å². The minimum Gasteiger partial charge on any atom is -0.393 e. The van der Waals surface area contributed by atoms with Crippen molar-refractivity contribution in [2.45, 2.75) is 43.9 Å². The monoisotopic (exact) mass is 324 g/mol. The Morgan fingerprint density at radius 1 is 0.958 bits per heavy atom. The maximum absolute atomic E-state index is 12.5. The van der Waals surface area contributed by atoms with Gasteiger partial charge in [-0.3, -0.25) is 0 Å². The SMILES string of the molecule is O=C(NC(c1ccccc1)c1ccccc1)N[C@H]1CCC[C@H](O)C1. The van der Waals surface area contributed by atoms with Gasteiger partial charge in [-0.25, -0.2) is 4.79 Å². The van der Waals surface area contributed by atoms with E-state index < -0.39 is 0 Å². The zero-order valence-corrected chi connectivity index (χ0v) is 13.7. The van der Waals surface area contributed by atoms with Crippen LogP contribution in [0.25, 0.3) is 0 Å². The number of nitrogens with one attached hydrogen (secondary N) is 2. The molecule has 3 rings (SSSR count). The molecule has 0 unspecified atom stereocenters. The van der Waals surface area contributed by atoms with Gasteiger partial charge in [-0.2, -0.15) is 0 Å². The van der Waals surface area contributed by atoms with Crippen molar-refractivity contribution in [2.75, 3.05) is 0 Å². The molecule has 2 aromatic rings. The van der Waals surface area contributed by atoms with Crippen LogP contribution in [0.15, 0.2) is 60.7 Å². The first-order chi connectivity index (χ1) is 11.7. The van der Waals surface area contributed by atoms with Gasteiger partial charge in [-0.05, 0) is 36.8 Å². The Morgan fingerprint density at radius 3 is 2.08 bits per heavy atom. The molecule has 24 heavy (non-hydrogen) atoms. The fourth-order valence-corrected chi connectivity index (χ4v) is 3.30. The van der Waals surface area contributed by atoms with Crippen LogP contribution in [0.4, 0.5) is 4.79 Å². The Balaban J connectivity index is 1.71. The largest absolute Gasteiger partial charge is 0.393 e. The third-order valence-electron chi connectivity index (χ3n) is 4.52. The van der Waals surface area contributed by atoms with Crippen LogP contribution in [-0.2, 0) is 0 Å². The van der Waals surface area contributed by atoms with Crippen LogP contribution in [0, 0.1) is 0 Å². The third kappa shape index (κ3) is 4.36. The van der Waals surface area contributed by atoms with Gasteiger partial charge in [-0.1, -0.05) is 60.7 Å². The number of urea groups is 1. The minimum absolute atomic E-state index is 0.0425. The van der Waals surface area contributed by atoms with E-state index in [1.807, 2.05) is 60.7 Å². The number of hydrogen-bond acceptors (Lipinski definition) is 2. The van der Waals surface area contributed by atoms with Crippen molar-refractivity contribution in [2.24, 2.45) is 0 Å². The Hall–Kier alpha value is -2.33. The maximum atomic E-state index is 12.5. The van der Waals surface area contributed by atoms with E-state index in [-0.39, 0.29) is 24.2 Å². The summed E-state index contributed by atoms with van der Waals surface area (Å²) in [6, 6.07) is 19.6. The highest BCUT2D eigenvalue weighted by atomic mass is 16.3. The van der Waals surface area contributed by atoms with Crippen LogP contribution in [0.1, 0.15) is 42.9 Å². The molecule has 1 aliphatic carbocycles. The summed E-state index contributed by atoms with van der Waals surface area (Å²) >= 11 is 0. The maximum Gasteiger partial charge on any atom is 0.315 e. The summed E-state index contributed by atoms with van der Waals surface area (Å²) in [4.78, 5) is 12.5. The summed E-state index contributed by atoms with van der Waals surface area (Å²) in [5, 5.41) is 15.8. The van der Waals surface area contributed by atoms with Gasteiger partial charge in [0.25, 0.3) is 0 Å². The molecule has 0 radical (unpaired) electrons. The van der Waals surface area contributed by atoms with Gasteiger partial charge in [0.15, 0.2) is 0 Å². The second-order valence-electron chi connectivity index (χ2n) is 6.39. The van der Waals surface area contributed by atoms with Crippen molar-refractivity contribution >= 4 is 6.03 Å². The van der Waals surface area contributed by atoms with E-state index >= 15 is 0 Å². The van der Waals surface area contributed by atoms with Gasteiger partial charge in [0, 0.05) is 6.04 Å². The molecule has 1 saturated carbocycles. The number of aliphatic hydroxyl groups is 1. The average Bonchev–Trinajstić information content (AvgIpc) is 2.61. The van der Waals surface area contributed by atoms with Gasteiger partial charge < -0.3 is 15.7 Å². The number of benzene rings is 2. The molecular formula is C20H24N2O2. The molecule has 0 bridgehead atoms. The summed E-state index contributed by atoms with van der Waals surface area (Å²) in [7, 11) is 0. The Bertz CT molecular complexity index is 606. The molecular weight excluding hydrogens is 300 g/mol. The zero-order valence-electron chi connectivity index (χ0n) is 13.7. The predicted octanol–water partition coefficient (Wildman–Crippen LogP) is 3.38. The molecule has 126 valence electrons. The molecule has 0 heterocycles. The highest BCUT2D eigenvalue weighted by molar-refractivity contribution is 5.75. The van der Waals surface area contributed by atoms with Gasteiger partial charge in [-0.15, -0.1) is 0 Å². The molecule has 4 heteroatoms. The van der Waals surface area contributed by atoms with Crippen molar-refractivity contribution in [3.8, 4) is 0 Å². The van der Waals surface area contributed by atoms with E-state index in [4.69, 9.17) is 0 Å². The van der Waals surface area contributed by atoms with Crippen LogP contribution in [0.5, 0.6) is 0 Å². The van der Waals surface area contributed by atoms with Gasteiger partial charge >= 0.3 is 6.03 Å². The lowest BCUT2D eigenvalue weighted by atomic mass is 9.93. The van der Waals surface area contributed by atoms with Gasteiger partial charge in [0.05, 0.1) is 12.1 Å². The second-order valence-corrected chi connectivity index (χ2v) is 6.39. The number of aliphatic hydroxyl groups excluding tert-OH is 1. The van der Waals surface area contributed by atoms with E-state index in [1.54, 1.807) is 0 Å². The fraction of sp³-hybridized carbons (Fsp3) is 0.350. The topological polar surface area (TPSA) is 61.4 Å². The van der Waals surface area contributed by atoms with E-state index in [0.29, 0.717) is 6.42 Å². The predicted molar refractivity (Wildman–Crippen MR) is 94.7 cm³/mol. The molecule has 1 fully saturated rings. The number of amides is 2. The van der Waals surface area contributed by atoms with Gasteiger partial charge in [0.2, 0.25) is 0 Å². The van der Waals surface area contributed by atoms with E-state index in [9.17, 15) is 9.90 Å². The molecule has 0 aliphatic heterocycles. The highest BCUT2D eigenvalue weighted by Crippen LogP contribution is 2.22. The smallest absolute Gasteiger partial charge is 0.315 e. The third-order valence-corrected chi connectivity index (χ3v) is 4.52. The summed E-state index contributed by atoms with van der Waals surface area (Å²) in [5.74, 6) is 0. The summed E-state index contributed by atoms with van der Waals surface area (Å²) in [6.45, 7) is 0. The number of hydrogen-bond donors (Lipinski definition) is 3. The van der Waals surface area contributed by atoms with Crippen molar-refractivity contribution in [1.82, 2.24) is 10.6 Å². The quantitative estimate of drug-likeness (QED) is 0.807. The molecule has 3 N–H and O–H groups in total. The molecule has 0 aromatic heterocycles. The van der Waals surface area contributed by atoms with Crippen LogP contribution < -0.4 is 10.6 Å². The Kier molecular flexibility index (Phi) is 5.49. The average molecular weight is 324 g/mol. The second kappa shape index (κ2) is 7.97. The molecule has 2 amide bonds. The summed E-state index contributed by atoms with van der Waals surface area (Å²) in [6.07, 6.45) is 3.03. The highest BCUT2D eigenvalue weighted by Gasteiger charge is 2.23. The number of carbonyl (C=O) groups excluding carboxylic acids is 1.